The average Bonchev–Trinajstić information content (AvgIpc) is 2.47. The Morgan fingerprint density at radius 1 is 1.15 bits per heavy atom. The van der Waals surface area contributed by atoms with Gasteiger partial charge in [0.15, 0.2) is 0 Å². The van der Waals surface area contributed by atoms with Gasteiger partial charge >= 0.3 is 0 Å². The van der Waals surface area contributed by atoms with E-state index in [-0.39, 0.29) is 0 Å². The molecule has 0 atom stereocenters. The molecule has 0 N–H and O–H groups in total. The van der Waals surface area contributed by atoms with E-state index in [9.17, 15) is 0 Å². The normalized spacial score (nSPS) is 10.8. The van der Waals surface area contributed by atoms with Crippen LogP contribution in [0.25, 0.3) is 0 Å². The van der Waals surface area contributed by atoms with Crippen LogP contribution in [0, 0.1) is 0 Å². The van der Waals surface area contributed by atoms with Crippen LogP contribution in [0.1, 0.15) is 43.5 Å². The predicted molar refractivity (Wildman–Crippen MR) is 83.8 cm³/mol. The van der Waals surface area contributed by atoms with Gasteiger partial charge in [-0.15, -0.1) is 11.6 Å². The summed E-state index contributed by atoms with van der Waals surface area (Å²) in [6.45, 7) is 6.42. The molecule has 0 saturated carbocycles. The number of benzene rings is 1. The molecule has 0 radical (unpaired) electrons. The minimum atomic E-state index is 0.470. The van der Waals surface area contributed by atoms with Crippen LogP contribution < -0.4 is 4.74 Å². The lowest BCUT2D eigenvalue weighted by atomic mass is 10.0. The summed E-state index contributed by atoms with van der Waals surface area (Å²) in [5, 5.41) is 0. The van der Waals surface area contributed by atoms with Gasteiger partial charge in [-0.2, -0.15) is 0 Å². The van der Waals surface area contributed by atoms with Gasteiger partial charge in [0.25, 0.3) is 0 Å². The standard InChI is InChI=1S/C17H20ClNO/c1-4-15-9-13(11-18)10-17(19-15)20-16-7-5-14(6-8-16)12(2)3/h5-10,12H,4,11H2,1-3H3. The maximum Gasteiger partial charge on any atom is 0.219 e. The zero-order valence-electron chi connectivity index (χ0n) is 12.2. The maximum atomic E-state index is 5.90. The van der Waals surface area contributed by atoms with E-state index in [0.29, 0.717) is 17.7 Å². The van der Waals surface area contributed by atoms with Gasteiger partial charge in [0.2, 0.25) is 5.88 Å². The third-order valence-electron chi connectivity index (χ3n) is 3.20. The van der Waals surface area contributed by atoms with Crippen LogP contribution in [0.2, 0.25) is 0 Å². The van der Waals surface area contributed by atoms with Crippen LogP contribution in [0.15, 0.2) is 36.4 Å². The Kier molecular flexibility index (Phi) is 5.02. The quantitative estimate of drug-likeness (QED) is 0.697. The average molecular weight is 290 g/mol. The molecule has 0 bridgehead atoms. The summed E-state index contributed by atoms with van der Waals surface area (Å²) in [4.78, 5) is 4.47. The summed E-state index contributed by atoms with van der Waals surface area (Å²) in [6, 6.07) is 12.1. The first-order chi connectivity index (χ1) is 9.62. The van der Waals surface area contributed by atoms with Gasteiger partial charge in [-0.3, -0.25) is 0 Å². The maximum absolute atomic E-state index is 5.90. The largest absolute Gasteiger partial charge is 0.439 e. The van der Waals surface area contributed by atoms with Gasteiger partial charge in [-0.25, -0.2) is 4.98 Å². The van der Waals surface area contributed by atoms with E-state index < -0.39 is 0 Å². The molecule has 0 aliphatic carbocycles. The van der Waals surface area contributed by atoms with Gasteiger partial charge in [0.1, 0.15) is 5.75 Å². The highest BCUT2D eigenvalue weighted by molar-refractivity contribution is 6.17. The molecule has 0 unspecified atom stereocenters. The Morgan fingerprint density at radius 3 is 2.40 bits per heavy atom. The number of nitrogens with zero attached hydrogens (tertiary/aromatic N) is 1. The molecule has 1 aromatic carbocycles. The zero-order chi connectivity index (χ0) is 14.5. The van der Waals surface area contributed by atoms with Crippen LogP contribution in [0.5, 0.6) is 11.6 Å². The van der Waals surface area contributed by atoms with Gasteiger partial charge < -0.3 is 4.74 Å². The highest BCUT2D eigenvalue weighted by Crippen LogP contribution is 2.24. The molecule has 3 heteroatoms. The summed E-state index contributed by atoms with van der Waals surface area (Å²) >= 11 is 5.90. The lowest BCUT2D eigenvalue weighted by Crippen LogP contribution is -1.95. The Morgan fingerprint density at radius 2 is 1.85 bits per heavy atom. The van der Waals surface area contributed by atoms with Crippen molar-refractivity contribution in [2.75, 3.05) is 0 Å². The van der Waals surface area contributed by atoms with E-state index in [4.69, 9.17) is 16.3 Å². The molecule has 2 aromatic rings. The second-order valence-electron chi connectivity index (χ2n) is 5.12. The summed E-state index contributed by atoms with van der Waals surface area (Å²) in [5.41, 5.74) is 3.33. The smallest absolute Gasteiger partial charge is 0.219 e. The van der Waals surface area contributed by atoms with E-state index in [2.05, 4.69) is 37.9 Å². The lowest BCUT2D eigenvalue weighted by Gasteiger charge is -2.10. The molecule has 0 spiro atoms. The van der Waals surface area contributed by atoms with Crippen molar-refractivity contribution < 1.29 is 4.74 Å². The van der Waals surface area contributed by atoms with Crippen molar-refractivity contribution >= 4 is 11.6 Å². The number of aromatic nitrogens is 1. The fourth-order valence-corrected chi connectivity index (χ4v) is 2.13. The molecule has 1 aromatic heterocycles. The number of ether oxygens (including phenoxy) is 1. The molecule has 2 rings (SSSR count). The molecule has 0 aliphatic heterocycles. The molecular formula is C17H20ClNO. The van der Waals surface area contributed by atoms with Crippen LogP contribution in [0.4, 0.5) is 0 Å². The minimum absolute atomic E-state index is 0.470. The van der Waals surface area contributed by atoms with Gasteiger partial charge in [-0.1, -0.05) is 32.9 Å². The van der Waals surface area contributed by atoms with E-state index in [1.807, 2.05) is 24.3 Å². The molecule has 20 heavy (non-hydrogen) atoms. The zero-order valence-corrected chi connectivity index (χ0v) is 12.9. The summed E-state index contributed by atoms with van der Waals surface area (Å²) in [7, 11) is 0. The summed E-state index contributed by atoms with van der Waals surface area (Å²) in [5.74, 6) is 2.40. The van der Waals surface area contributed by atoms with Crippen molar-refractivity contribution in [2.24, 2.45) is 0 Å². The highest BCUT2D eigenvalue weighted by atomic mass is 35.5. The van der Waals surface area contributed by atoms with Crippen LogP contribution in [-0.2, 0) is 12.3 Å². The van der Waals surface area contributed by atoms with Crippen LogP contribution in [-0.4, -0.2) is 4.98 Å². The number of halogens is 1. The van der Waals surface area contributed by atoms with Crippen molar-refractivity contribution in [2.45, 2.75) is 39.0 Å². The van der Waals surface area contributed by atoms with E-state index in [1.54, 1.807) is 0 Å². The molecule has 2 nitrogen and oxygen atoms in total. The monoisotopic (exact) mass is 289 g/mol. The second kappa shape index (κ2) is 6.76. The molecular weight excluding hydrogens is 270 g/mol. The highest BCUT2D eigenvalue weighted by Gasteiger charge is 2.05. The van der Waals surface area contributed by atoms with Gasteiger partial charge in [0, 0.05) is 17.6 Å². The van der Waals surface area contributed by atoms with Crippen molar-refractivity contribution in [1.82, 2.24) is 4.98 Å². The van der Waals surface area contributed by atoms with E-state index in [0.717, 1.165) is 23.4 Å². The Bertz CT molecular complexity index is 541. The number of aryl methyl sites for hydroxylation is 1. The number of alkyl halides is 1. The Hall–Kier alpha value is -1.54. The first-order valence-electron chi connectivity index (χ1n) is 6.96. The summed E-state index contributed by atoms with van der Waals surface area (Å²) in [6.07, 6.45) is 0.868. The van der Waals surface area contributed by atoms with Crippen molar-refractivity contribution in [3.05, 3.63) is 53.2 Å². The topological polar surface area (TPSA) is 22.1 Å². The Labute approximate surface area is 125 Å². The van der Waals surface area contributed by atoms with Crippen molar-refractivity contribution in [1.29, 1.82) is 0 Å². The van der Waals surface area contributed by atoms with Crippen molar-refractivity contribution in [3.8, 4) is 11.6 Å². The molecule has 1 heterocycles. The molecule has 106 valence electrons. The van der Waals surface area contributed by atoms with Gasteiger partial charge in [-0.05, 0) is 41.7 Å². The van der Waals surface area contributed by atoms with Crippen LogP contribution in [0.3, 0.4) is 0 Å². The lowest BCUT2D eigenvalue weighted by molar-refractivity contribution is 0.460. The third-order valence-corrected chi connectivity index (χ3v) is 3.51. The summed E-state index contributed by atoms with van der Waals surface area (Å²) < 4.78 is 5.83. The van der Waals surface area contributed by atoms with Gasteiger partial charge in [0.05, 0.1) is 0 Å². The first-order valence-corrected chi connectivity index (χ1v) is 7.49. The number of hydrogen-bond donors (Lipinski definition) is 0. The van der Waals surface area contributed by atoms with E-state index >= 15 is 0 Å². The third kappa shape index (κ3) is 3.73. The fourth-order valence-electron chi connectivity index (χ4n) is 1.97. The van der Waals surface area contributed by atoms with Crippen LogP contribution >= 0.6 is 11.6 Å². The predicted octanol–water partition coefficient (Wildman–Crippen LogP) is 5.30. The Balaban J connectivity index is 2.20. The van der Waals surface area contributed by atoms with Crippen molar-refractivity contribution in [3.63, 3.8) is 0 Å². The molecule has 0 saturated heterocycles. The molecule has 0 amide bonds. The van der Waals surface area contributed by atoms with E-state index in [1.165, 1.54) is 5.56 Å². The number of rotatable bonds is 5. The minimum Gasteiger partial charge on any atom is -0.439 e. The second-order valence-corrected chi connectivity index (χ2v) is 5.39. The molecule has 0 fully saturated rings. The fraction of sp³-hybridized carbons (Fsp3) is 0.353. The SMILES string of the molecule is CCc1cc(CCl)cc(Oc2ccc(C(C)C)cc2)n1. The number of pyridine rings is 1. The molecule has 0 aliphatic rings. The number of hydrogen-bond acceptors (Lipinski definition) is 2. The first kappa shape index (κ1) is 14.9.